The van der Waals surface area contributed by atoms with E-state index in [-0.39, 0.29) is 0 Å². The minimum absolute atomic E-state index is 0.334. The lowest BCUT2D eigenvalue weighted by Gasteiger charge is -2.20. The average molecular weight is 321 g/mol. The Balaban J connectivity index is 2.09. The summed E-state index contributed by atoms with van der Waals surface area (Å²) in [6.45, 7) is 0. The molecule has 0 spiro atoms. The second kappa shape index (κ2) is 6.71. The third-order valence-corrected chi connectivity index (χ3v) is 5.68. The van der Waals surface area contributed by atoms with Crippen molar-refractivity contribution in [3.05, 3.63) is 109 Å². The summed E-state index contributed by atoms with van der Waals surface area (Å²) in [6.07, 6.45) is 11.4. The fraction of sp³-hybridized carbons (Fsp3) is 0.0500. The fourth-order valence-corrected chi connectivity index (χ4v) is 4.18. The van der Waals surface area contributed by atoms with Crippen LogP contribution in [0.25, 0.3) is 0 Å². The van der Waals surface area contributed by atoms with Crippen LogP contribution in [-0.4, -0.2) is 8.42 Å². The van der Waals surface area contributed by atoms with Gasteiger partial charge in [-0.25, -0.2) is 8.42 Å². The fourth-order valence-electron chi connectivity index (χ4n) is 2.50. The summed E-state index contributed by atoms with van der Waals surface area (Å²) in [5.74, 6) is 0. The SMILES string of the molecule is O=S(=O)(c1ccccc1)C(/C=C1/C=CC=C[CH-]1)c1ccccc1. The summed E-state index contributed by atoms with van der Waals surface area (Å²) in [6, 6.07) is 17.9. The molecule has 0 saturated heterocycles. The molecule has 3 rings (SSSR count). The van der Waals surface area contributed by atoms with Crippen molar-refractivity contribution in [3.8, 4) is 0 Å². The molecule has 1 atom stereocenters. The number of allylic oxidation sites excluding steroid dienone is 5. The highest BCUT2D eigenvalue weighted by atomic mass is 32.2. The molecular formula is C20H17O2S-. The molecule has 2 aromatic rings. The number of hydrogen-bond acceptors (Lipinski definition) is 2. The topological polar surface area (TPSA) is 34.1 Å². The molecule has 116 valence electrons. The van der Waals surface area contributed by atoms with E-state index >= 15 is 0 Å². The molecule has 2 nitrogen and oxygen atoms in total. The second-order valence-electron chi connectivity index (χ2n) is 5.27. The molecule has 2 aromatic carbocycles. The van der Waals surface area contributed by atoms with Crippen LogP contribution in [0, 0.1) is 6.42 Å². The molecule has 1 aliphatic rings. The van der Waals surface area contributed by atoms with Crippen molar-refractivity contribution in [3.63, 3.8) is 0 Å². The average Bonchev–Trinajstić information content (AvgIpc) is 2.62. The van der Waals surface area contributed by atoms with Crippen LogP contribution in [0.5, 0.6) is 0 Å². The molecule has 23 heavy (non-hydrogen) atoms. The highest BCUT2D eigenvalue weighted by Crippen LogP contribution is 2.32. The molecule has 0 heterocycles. The lowest BCUT2D eigenvalue weighted by molar-refractivity contribution is 0.590. The summed E-state index contributed by atoms with van der Waals surface area (Å²) in [5.41, 5.74) is 1.65. The Morgan fingerprint density at radius 2 is 1.52 bits per heavy atom. The van der Waals surface area contributed by atoms with Crippen LogP contribution in [0.2, 0.25) is 0 Å². The van der Waals surface area contributed by atoms with Crippen LogP contribution >= 0.6 is 0 Å². The molecule has 1 unspecified atom stereocenters. The summed E-state index contributed by atoms with van der Waals surface area (Å²) in [4.78, 5) is 0.334. The monoisotopic (exact) mass is 321 g/mol. The van der Waals surface area contributed by atoms with E-state index in [1.54, 1.807) is 30.3 Å². The lowest BCUT2D eigenvalue weighted by Crippen LogP contribution is -2.12. The van der Waals surface area contributed by atoms with Crippen molar-refractivity contribution < 1.29 is 8.42 Å². The molecule has 0 saturated carbocycles. The number of sulfone groups is 1. The number of rotatable bonds is 4. The molecule has 3 heteroatoms. The van der Waals surface area contributed by atoms with Gasteiger partial charge in [-0.15, -0.1) is 36.8 Å². The van der Waals surface area contributed by atoms with E-state index in [4.69, 9.17) is 0 Å². The van der Waals surface area contributed by atoms with Crippen molar-refractivity contribution >= 4 is 9.84 Å². The largest absolute Gasteiger partial charge is 0.224 e. The zero-order chi connectivity index (χ0) is 16.1. The van der Waals surface area contributed by atoms with Crippen LogP contribution < -0.4 is 0 Å². The lowest BCUT2D eigenvalue weighted by atomic mass is 10.0. The van der Waals surface area contributed by atoms with Gasteiger partial charge >= 0.3 is 0 Å². The van der Waals surface area contributed by atoms with E-state index in [0.29, 0.717) is 4.90 Å². The van der Waals surface area contributed by atoms with Crippen molar-refractivity contribution in [2.45, 2.75) is 10.1 Å². The highest BCUT2D eigenvalue weighted by molar-refractivity contribution is 7.91. The summed E-state index contributed by atoms with van der Waals surface area (Å²) in [5, 5.41) is -0.714. The molecular weight excluding hydrogens is 304 g/mol. The van der Waals surface area contributed by atoms with Crippen LogP contribution in [-0.2, 0) is 9.84 Å². The van der Waals surface area contributed by atoms with Gasteiger partial charge in [-0.3, -0.25) is 0 Å². The molecule has 0 aliphatic heterocycles. The zero-order valence-electron chi connectivity index (χ0n) is 12.5. The molecule has 1 aliphatic carbocycles. The zero-order valence-corrected chi connectivity index (χ0v) is 13.4. The Morgan fingerprint density at radius 1 is 0.870 bits per heavy atom. The van der Waals surface area contributed by atoms with Crippen molar-refractivity contribution in [2.75, 3.05) is 0 Å². The van der Waals surface area contributed by atoms with E-state index < -0.39 is 15.1 Å². The third-order valence-electron chi connectivity index (χ3n) is 3.68. The minimum atomic E-state index is -3.51. The maximum atomic E-state index is 13.1. The Kier molecular flexibility index (Phi) is 4.49. The van der Waals surface area contributed by atoms with Gasteiger partial charge in [0.2, 0.25) is 0 Å². The maximum Gasteiger partial charge on any atom is 0.180 e. The molecule has 0 amide bonds. The molecule has 0 N–H and O–H groups in total. The van der Waals surface area contributed by atoms with Gasteiger partial charge < -0.3 is 0 Å². The molecule has 0 fully saturated rings. The summed E-state index contributed by atoms with van der Waals surface area (Å²) in [7, 11) is -3.51. The minimum Gasteiger partial charge on any atom is -0.224 e. The Labute approximate surface area is 137 Å². The smallest absolute Gasteiger partial charge is 0.180 e. The van der Waals surface area contributed by atoms with Gasteiger partial charge in [0.1, 0.15) is 0 Å². The van der Waals surface area contributed by atoms with E-state index in [0.717, 1.165) is 11.1 Å². The van der Waals surface area contributed by atoms with Gasteiger partial charge in [-0.2, -0.15) is 5.57 Å². The Hall–Kier alpha value is -2.52. The standard InChI is InChI=1S/C20H17O2S/c21-23(22,19-14-8-3-9-15-19)20(18-12-6-2-7-13-18)16-17-10-4-1-5-11-17/h1-16,20H/q-1. The van der Waals surface area contributed by atoms with Crippen LogP contribution in [0.1, 0.15) is 10.8 Å². The van der Waals surface area contributed by atoms with Gasteiger partial charge in [-0.05, 0) is 17.7 Å². The number of hydrogen-bond donors (Lipinski definition) is 0. The van der Waals surface area contributed by atoms with Crippen molar-refractivity contribution in [1.29, 1.82) is 0 Å². The van der Waals surface area contributed by atoms with Gasteiger partial charge in [0.15, 0.2) is 9.84 Å². The van der Waals surface area contributed by atoms with Gasteiger partial charge in [0, 0.05) is 0 Å². The predicted octanol–water partition coefficient (Wildman–Crippen LogP) is 4.46. The van der Waals surface area contributed by atoms with Crippen molar-refractivity contribution in [1.82, 2.24) is 0 Å². The summed E-state index contributed by atoms with van der Waals surface area (Å²) < 4.78 is 26.2. The first-order chi connectivity index (χ1) is 11.2. The van der Waals surface area contributed by atoms with Gasteiger partial charge in [-0.1, -0.05) is 48.5 Å². The van der Waals surface area contributed by atoms with Crippen LogP contribution in [0.15, 0.2) is 102 Å². The van der Waals surface area contributed by atoms with E-state index in [2.05, 4.69) is 0 Å². The Morgan fingerprint density at radius 3 is 2.13 bits per heavy atom. The molecule has 0 bridgehead atoms. The Bertz CT molecular complexity index is 845. The first-order valence-electron chi connectivity index (χ1n) is 7.42. The first-order valence-corrected chi connectivity index (χ1v) is 8.96. The summed E-state index contributed by atoms with van der Waals surface area (Å²) >= 11 is 0. The number of benzene rings is 2. The maximum absolute atomic E-state index is 13.1. The van der Waals surface area contributed by atoms with Crippen molar-refractivity contribution in [2.24, 2.45) is 0 Å². The van der Waals surface area contributed by atoms with Gasteiger partial charge in [0.25, 0.3) is 0 Å². The van der Waals surface area contributed by atoms with Crippen LogP contribution in [0.3, 0.4) is 0 Å². The third kappa shape index (κ3) is 3.46. The first kappa shape index (κ1) is 15.4. The van der Waals surface area contributed by atoms with E-state index in [1.807, 2.05) is 67.1 Å². The van der Waals surface area contributed by atoms with Crippen LogP contribution in [0.4, 0.5) is 0 Å². The van der Waals surface area contributed by atoms with E-state index in [9.17, 15) is 8.42 Å². The normalized spacial score (nSPS) is 17.0. The van der Waals surface area contributed by atoms with Gasteiger partial charge in [0.05, 0.1) is 10.1 Å². The second-order valence-corrected chi connectivity index (χ2v) is 7.34. The highest BCUT2D eigenvalue weighted by Gasteiger charge is 2.25. The predicted molar refractivity (Wildman–Crippen MR) is 93.5 cm³/mol. The molecule has 0 aromatic heterocycles. The quantitative estimate of drug-likeness (QED) is 0.779. The molecule has 0 radical (unpaired) electrons. The van der Waals surface area contributed by atoms with E-state index in [1.165, 1.54) is 0 Å².